The smallest absolute Gasteiger partial charge is 0.278 e. The van der Waals surface area contributed by atoms with Gasteiger partial charge in [0.25, 0.3) is 11.7 Å². The van der Waals surface area contributed by atoms with Gasteiger partial charge in [0.2, 0.25) is 0 Å². The van der Waals surface area contributed by atoms with E-state index in [0.29, 0.717) is 24.2 Å². The molecule has 0 saturated carbocycles. The number of nitrogens with one attached hydrogen (secondary N) is 2. The van der Waals surface area contributed by atoms with Crippen LogP contribution in [0.5, 0.6) is 0 Å². The summed E-state index contributed by atoms with van der Waals surface area (Å²) in [6, 6.07) is 8.44. The van der Waals surface area contributed by atoms with Crippen LogP contribution in [0.3, 0.4) is 0 Å². The number of amides is 1. The Kier molecular flexibility index (Phi) is 6.17. The van der Waals surface area contributed by atoms with Gasteiger partial charge in [0, 0.05) is 37.6 Å². The monoisotopic (exact) mass is 398 g/mol. The van der Waals surface area contributed by atoms with Crippen LogP contribution in [-0.2, 0) is 15.4 Å². The molecular weight excluding hydrogens is 376 g/mol. The quantitative estimate of drug-likeness (QED) is 0.342. The van der Waals surface area contributed by atoms with E-state index < -0.39 is 17.3 Å². The fraction of sp³-hybridized carbons (Fsp3) is 0.368. The molecule has 5 N–H and O–H groups in total. The minimum Gasteiger partial charge on any atom is -0.383 e. The molecule has 2 aromatic rings. The molecule has 3 rings (SSSR count). The number of benzene rings is 1. The lowest BCUT2D eigenvalue weighted by Crippen LogP contribution is -2.64. The molecule has 0 bridgehead atoms. The number of carbonyl (C=O) groups is 1. The van der Waals surface area contributed by atoms with Crippen LogP contribution < -0.4 is 16.5 Å². The Labute approximate surface area is 167 Å². The van der Waals surface area contributed by atoms with Gasteiger partial charge in [-0.05, 0) is 19.1 Å². The van der Waals surface area contributed by atoms with Gasteiger partial charge in [-0.1, -0.05) is 12.1 Å². The predicted molar refractivity (Wildman–Crippen MR) is 101 cm³/mol. The minimum atomic E-state index is -1.87. The van der Waals surface area contributed by atoms with Gasteiger partial charge in [-0.25, -0.2) is 20.3 Å². The van der Waals surface area contributed by atoms with Crippen LogP contribution in [0.4, 0.5) is 0 Å². The second-order valence-corrected chi connectivity index (χ2v) is 6.85. The predicted octanol–water partition coefficient (Wildman–Crippen LogP) is -0.439. The van der Waals surface area contributed by atoms with Crippen molar-refractivity contribution in [2.45, 2.75) is 24.4 Å². The minimum absolute atomic E-state index is 0.157. The highest BCUT2D eigenvalue weighted by molar-refractivity contribution is 5.92. The van der Waals surface area contributed by atoms with Crippen molar-refractivity contribution >= 4 is 5.91 Å². The fourth-order valence-electron chi connectivity index (χ4n) is 2.80. The Morgan fingerprint density at radius 2 is 2.17 bits per heavy atom. The highest BCUT2D eigenvalue weighted by Gasteiger charge is 2.54. The number of rotatable bonds is 8. The molecule has 0 spiro atoms. The summed E-state index contributed by atoms with van der Waals surface area (Å²) >= 11 is 0. The summed E-state index contributed by atoms with van der Waals surface area (Å²) in [7, 11) is 0. The molecule has 0 radical (unpaired) electrons. The van der Waals surface area contributed by atoms with Crippen LogP contribution in [0, 0.1) is 11.3 Å². The maximum Gasteiger partial charge on any atom is 0.278 e. The lowest BCUT2D eigenvalue weighted by molar-refractivity contribution is -0.358. The number of hydroxylamine groups is 1. The molecule has 1 aromatic heterocycles. The van der Waals surface area contributed by atoms with Crippen molar-refractivity contribution in [3.63, 3.8) is 0 Å². The summed E-state index contributed by atoms with van der Waals surface area (Å²) in [6.07, 6.45) is 3.64. The summed E-state index contributed by atoms with van der Waals surface area (Å²) in [6.45, 7) is 2.26. The summed E-state index contributed by atoms with van der Waals surface area (Å²) in [5.41, 5.74) is 7.21. The maximum atomic E-state index is 12.5. The number of aliphatic hydroxyl groups is 1. The molecule has 1 amide bonds. The molecule has 2 atom stereocenters. The first kappa shape index (κ1) is 20.8. The van der Waals surface area contributed by atoms with E-state index >= 15 is 0 Å². The Morgan fingerprint density at radius 3 is 2.76 bits per heavy atom. The molecule has 1 saturated heterocycles. The zero-order chi connectivity index (χ0) is 20.9. The van der Waals surface area contributed by atoms with Gasteiger partial charge in [0.1, 0.15) is 11.9 Å². The Bertz CT molecular complexity index is 897. The van der Waals surface area contributed by atoms with Gasteiger partial charge in [-0.2, -0.15) is 5.26 Å². The van der Waals surface area contributed by atoms with Crippen molar-refractivity contribution in [1.29, 1.82) is 5.26 Å². The van der Waals surface area contributed by atoms with E-state index in [1.807, 2.05) is 6.07 Å². The Morgan fingerprint density at radius 1 is 1.45 bits per heavy atom. The molecule has 0 aliphatic carbocycles. The van der Waals surface area contributed by atoms with E-state index in [1.54, 1.807) is 18.2 Å². The molecule has 10 heteroatoms. The number of carbonyl (C=O) groups excluding carboxylic acids is 1. The molecule has 10 nitrogen and oxygen atoms in total. The van der Waals surface area contributed by atoms with Crippen LogP contribution in [-0.4, -0.2) is 52.3 Å². The number of hydrogen-bond acceptors (Lipinski definition) is 9. The van der Waals surface area contributed by atoms with E-state index in [0.717, 1.165) is 0 Å². The van der Waals surface area contributed by atoms with Crippen molar-refractivity contribution in [1.82, 2.24) is 20.8 Å². The Hall–Kier alpha value is -2.94. The largest absolute Gasteiger partial charge is 0.383 e. The number of ether oxygens (including phenoxy) is 1. The zero-order valence-electron chi connectivity index (χ0n) is 15.8. The van der Waals surface area contributed by atoms with Crippen LogP contribution in [0.2, 0.25) is 0 Å². The van der Waals surface area contributed by atoms with Crippen molar-refractivity contribution in [2.75, 3.05) is 19.6 Å². The maximum absolute atomic E-state index is 12.5. The highest BCUT2D eigenvalue weighted by Crippen LogP contribution is 2.39. The molecule has 1 aliphatic rings. The Balaban J connectivity index is 2.00. The topological polar surface area (TPSA) is 155 Å². The van der Waals surface area contributed by atoms with Crippen molar-refractivity contribution in [3.8, 4) is 6.07 Å². The normalized spacial score (nSPS) is 18.0. The van der Waals surface area contributed by atoms with Crippen molar-refractivity contribution in [3.05, 3.63) is 59.7 Å². The summed E-state index contributed by atoms with van der Waals surface area (Å²) < 4.78 is 6.13. The third-order valence-electron chi connectivity index (χ3n) is 4.67. The summed E-state index contributed by atoms with van der Waals surface area (Å²) in [5.74, 6) is -2.50. The third-order valence-corrected chi connectivity index (χ3v) is 4.67. The molecule has 1 fully saturated rings. The van der Waals surface area contributed by atoms with Gasteiger partial charge in [0.05, 0.1) is 23.3 Å². The number of hydrogen-bond donors (Lipinski definition) is 4. The molecule has 152 valence electrons. The van der Waals surface area contributed by atoms with Crippen LogP contribution >= 0.6 is 0 Å². The lowest BCUT2D eigenvalue weighted by Gasteiger charge is -2.46. The summed E-state index contributed by atoms with van der Waals surface area (Å²) in [4.78, 5) is 25.8. The zero-order valence-corrected chi connectivity index (χ0v) is 15.8. The number of aromatic nitrogens is 2. The third kappa shape index (κ3) is 4.24. The second-order valence-electron chi connectivity index (χ2n) is 6.85. The molecule has 29 heavy (non-hydrogen) atoms. The standard InChI is InChI=1S/C19H22N6O4/c1-18(27,11-21)19(28-16-9-22-10-16,15-4-2-3-13(5-15)6-20)29-25-17(26)14-7-23-12-24-8-14/h2-5,7-8,12,16,22,27H,9-11,21H2,1H3,(H,25,26). The second kappa shape index (κ2) is 8.60. The van der Waals surface area contributed by atoms with E-state index in [-0.39, 0.29) is 18.2 Å². The van der Waals surface area contributed by atoms with Gasteiger partial charge < -0.3 is 20.9 Å². The first-order valence-electron chi connectivity index (χ1n) is 8.97. The number of nitriles is 1. The average Bonchev–Trinajstić information content (AvgIpc) is 2.73. The van der Waals surface area contributed by atoms with Gasteiger partial charge >= 0.3 is 0 Å². The molecular formula is C19H22N6O4. The highest BCUT2D eigenvalue weighted by atomic mass is 16.8. The van der Waals surface area contributed by atoms with E-state index in [2.05, 4.69) is 20.8 Å². The molecule has 1 aromatic carbocycles. The molecule has 1 aliphatic heterocycles. The van der Waals surface area contributed by atoms with Gasteiger partial charge in [0.15, 0.2) is 0 Å². The molecule has 2 unspecified atom stereocenters. The summed E-state index contributed by atoms with van der Waals surface area (Å²) in [5, 5.41) is 23.5. The van der Waals surface area contributed by atoms with Gasteiger partial charge in [-0.15, -0.1) is 0 Å². The number of nitrogens with zero attached hydrogens (tertiary/aromatic N) is 3. The van der Waals surface area contributed by atoms with Crippen LogP contribution in [0.15, 0.2) is 43.0 Å². The van der Waals surface area contributed by atoms with Crippen molar-refractivity contribution < 1.29 is 19.5 Å². The first-order valence-corrected chi connectivity index (χ1v) is 8.97. The van der Waals surface area contributed by atoms with Gasteiger partial charge in [-0.3, -0.25) is 4.79 Å². The van der Waals surface area contributed by atoms with Crippen LogP contribution in [0.1, 0.15) is 28.4 Å². The van der Waals surface area contributed by atoms with Crippen LogP contribution in [0.25, 0.3) is 0 Å². The number of nitrogens with two attached hydrogens (primary N) is 1. The lowest BCUT2D eigenvalue weighted by atomic mass is 9.87. The van der Waals surface area contributed by atoms with E-state index in [9.17, 15) is 15.2 Å². The average molecular weight is 398 g/mol. The van der Waals surface area contributed by atoms with E-state index in [1.165, 1.54) is 31.7 Å². The first-order chi connectivity index (χ1) is 13.9. The van der Waals surface area contributed by atoms with E-state index in [4.69, 9.17) is 15.3 Å². The SMILES string of the molecule is CC(O)(CN)C(ONC(=O)c1cncnc1)(OC1CNC1)c1cccc(C#N)c1. The fourth-order valence-corrected chi connectivity index (χ4v) is 2.80. The molecule has 2 heterocycles. The van der Waals surface area contributed by atoms with Crippen molar-refractivity contribution in [2.24, 2.45) is 5.73 Å².